The highest BCUT2D eigenvalue weighted by atomic mass is 35.5. The van der Waals surface area contributed by atoms with Crippen LogP contribution in [0, 0.1) is 5.92 Å². The molecule has 12 heteroatoms. The van der Waals surface area contributed by atoms with E-state index in [0.29, 0.717) is 52.9 Å². The molecule has 1 aromatic carbocycles. The van der Waals surface area contributed by atoms with Gasteiger partial charge >= 0.3 is 6.09 Å². The number of rotatable bonds is 10. The molecule has 2 aromatic heterocycles. The second-order valence-electron chi connectivity index (χ2n) is 11.8. The standard InChI is InChI=1S/C32H40Cl2N6O4/c1-22(41)19-39-9-11-40(12-10-39)30-4-3-28(18-35-30)44-31-14-24(13-29(36-31)25-15-26(33)17-27(34)16-25)21-38-7-5-23(6-8-38)20-37(2)32(42)43/h3-4,13-18,22-23,41H,5-12,19-21H2,1-2H3,(H,42,43)/t22-/m1/s1. The number of amides is 1. The van der Waals surface area contributed by atoms with E-state index >= 15 is 0 Å². The highest BCUT2D eigenvalue weighted by Gasteiger charge is 2.23. The molecule has 2 N–H and O–H groups in total. The van der Waals surface area contributed by atoms with E-state index in [4.69, 9.17) is 32.9 Å². The summed E-state index contributed by atoms with van der Waals surface area (Å²) < 4.78 is 6.24. The second kappa shape index (κ2) is 14.8. The molecule has 2 fully saturated rings. The monoisotopic (exact) mass is 642 g/mol. The number of likely N-dealkylation sites (tertiary alicyclic amines) is 1. The molecule has 4 heterocycles. The number of β-amino-alcohol motifs (C(OH)–C–C–N with tert-alkyl or cyclic N) is 1. The molecular formula is C32H40Cl2N6O4. The number of piperidine rings is 1. The molecule has 236 valence electrons. The Kier molecular flexibility index (Phi) is 10.8. The van der Waals surface area contributed by atoms with Crippen LogP contribution in [0.2, 0.25) is 10.0 Å². The van der Waals surface area contributed by atoms with Gasteiger partial charge in [-0.15, -0.1) is 0 Å². The average molecular weight is 644 g/mol. The zero-order valence-corrected chi connectivity index (χ0v) is 26.7. The summed E-state index contributed by atoms with van der Waals surface area (Å²) in [7, 11) is 1.63. The van der Waals surface area contributed by atoms with Crippen LogP contribution in [-0.4, -0.2) is 106 Å². The van der Waals surface area contributed by atoms with Crippen LogP contribution in [0.25, 0.3) is 11.3 Å². The van der Waals surface area contributed by atoms with E-state index in [1.807, 2.05) is 43.3 Å². The van der Waals surface area contributed by atoms with Crippen molar-refractivity contribution in [2.45, 2.75) is 32.4 Å². The second-order valence-corrected chi connectivity index (χ2v) is 12.7. The van der Waals surface area contributed by atoms with E-state index in [2.05, 4.69) is 19.7 Å². The van der Waals surface area contributed by atoms with Gasteiger partial charge in [-0.25, -0.2) is 14.8 Å². The number of benzene rings is 1. The first-order valence-electron chi connectivity index (χ1n) is 15.0. The smallest absolute Gasteiger partial charge is 0.407 e. The Balaban J connectivity index is 1.29. The highest BCUT2D eigenvalue weighted by Crippen LogP contribution is 2.31. The zero-order chi connectivity index (χ0) is 31.2. The van der Waals surface area contributed by atoms with Gasteiger partial charge in [0.05, 0.1) is 18.0 Å². The van der Waals surface area contributed by atoms with Crippen molar-refractivity contribution in [2.75, 3.05) is 64.3 Å². The van der Waals surface area contributed by atoms with Crippen LogP contribution in [0.3, 0.4) is 0 Å². The Morgan fingerprint density at radius 2 is 1.73 bits per heavy atom. The molecule has 2 aliphatic rings. The lowest BCUT2D eigenvalue weighted by molar-refractivity contribution is 0.122. The van der Waals surface area contributed by atoms with Crippen LogP contribution in [0.4, 0.5) is 10.6 Å². The minimum atomic E-state index is -0.887. The molecule has 2 saturated heterocycles. The van der Waals surface area contributed by atoms with Gasteiger partial charge in [-0.1, -0.05) is 23.2 Å². The normalized spacial score (nSPS) is 17.4. The van der Waals surface area contributed by atoms with Crippen molar-refractivity contribution in [1.82, 2.24) is 24.7 Å². The Labute approximate surface area is 268 Å². The summed E-state index contributed by atoms with van der Waals surface area (Å²) in [6.07, 6.45) is 2.39. The maximum atomic E-state index is 11.2. The minimum absolute atomic E-state index is 0.329. The molecule has 0 spiro atoms. The molecule has 0 aliphatic carbocycles. The lowest BCUT2D eigenvalue weighted by Gasteiger charge is -2.35. The third-order valence-electron chi connectivity index (χ3n) is 8.15. The SMILES string of the molecule is C[C@@H](O)CN1CCN(c2ccc(Oc3cc(CN4CCC(CN(C)C(=O)O)CC4)cc(-c4cc(Cl)cc(Cl)c4)n3)cn2)CC1. The van der Waals surface area contributed by atoms with E-state index in [1.54, 1.807) is 19.3 Å². The fourth-order valence-electron chi connectivity index (χ4n) is 5.88. The lowest BCUT2D eigenvalue weighted by Crippen LogP contribution is -2.48. The van der Waals surface area contributed by atoms with Crippen molar-refractivity contribution in [2.24, 2.45) is 5.92 Å². The molecule has 1 amide bonds. The van der Waals surface area contributed by atoms with Gasteiger partial charge in [0.1, 0.15) is 11.6 Å². The Morgan fingerprint density at radius 1 is 1.02 bits per heavy atom. The number of nitrogens with zero attached hydrogens (tertiary/aromatic N) is 6. The topological polar surface area (TPSA) is 106 Å². The number of hydrogen-bond donors (Lipinski definition) is 2. The van der Waals surface area contributed by atoms with E-state index in [0.717, 1.165) is 69.1 Å². The summed E-state index contributed by atoms with van der Waals surface area (Å²) in [6, 6.07) is 13.2. The molecule has 0 bridgehead atoms. The third-order valence-corrected chi connectivity index (χ3v) is 8.59. The number of pyridine rings is 2. The van der Waals surface area contributed by atoms with E-state index < -0.39 is 6.09 Å². The van der Waals surface area contributed by atoms with Gasteiger partial charge in [0.2, 0.25) is 5.88 Å². The number of aromatic nitrogens is 2. The van der Waals surface area contributed by atoms with Crippen molar-refractivity contribution in [3.8, 4) is 22.9 Å². The number of carbonyl (C=O) groups is 1. The predicted octanol–water partition coefficient (Wildman–Crippen LogP) is 5.57. The lowest BCUT2D eigenvalue weighted by atomic mass is 9.96. The van der Waals surface area contributed by atoms with Crippen LogP contribution in [0.15, 0.2) is 48.7 Å². The molecule has 0 saturated carbocycles. The Hall–Kier alpha value is -3.15. The molecule has 0 unspecified atom stereocenters. The van der Waals surface area contributed by atoms with Crippen LogP contribution in [-0.2, 0) is 6.54 Å². The van der Waals surface area contributed by atoms with Gasteiger partial charge in [0, 0.05) is 74.5 Å². The van der Waals surface area contributed by atoms with Gasteiger partial charge in [-0.2, -0.15) is 0 Å². The van der Waals surface area contributed by atoms with Crippen molar-refractivity contribution < 1.29 is 19.7 Å². The Bertz CT molecular complexity index is 1390. The zero-order valence-electron chi connectivity index (χ0n) is 25.2. The average Bonchev–Trinajstić information content (AvgIpc) is 2.98. The number of aliphatic hydroxyl groups excluding tert-OH is 1. The largest absolute Gasteiger partial charge is 0.465 e. The van der Waals surface area contributed by atoms with Crippen LogP contribution in [0.5, 0.6) is 11.6 Å². The Morgan fingerprint density at radius 3 is 2.34 bits per heavy atom. The summed E-state index contributed by atoms with van der Waals surface area (Å²) in [5.74, 6) is 2.29. The maximum absolute atomic E-state index is 11.2. The summed E-state index contributed by atoms with van der Waals surface area (Å²) in [5.41, 5.74) is 2.55. The number of ether oxygens (including phenoxy) is 1. The fraction of sp³-hybridized carbons (Fsp3) is 0.469. The summed E-state index contributed by atoms with van der Waals surface area (Å²) >= 11 is 12.7. The molecule has 44 heavy (non-hydrogen) atoms. The van der Waals surface area contributed by atoms with Crippen molar-refractivity contribution in [3.05, 3.63) is 64.3 Å². The molecule has 2 aliphatic heterocycles. The van der Waals surface area contributed by atoms with Crippen molar-refractivity contribution >= 4 is 35.1 Å². The van der Waals surface area contributed by atoms with Crippen LogP contribution >= 0.6 is 23.2 Å². The highest BCUT2D eigenvalue weighted by molar-refractivity contribution is 6.35. The van der Waals surface area contributed by atoms with Crippen LogP contribution < -0.4 is 9.64 Å². The predicted molar refractivity (Wildman–Crippen MR) is 173 cm³/mol. The molecular weight excluding hydrogens is 603 g/mol. The minimum Gasteiger partial charge on any atom is -0.465 e. The fourth-order valence-corrected chi connectivity index (χ4v) is 6.40. The van der Waals surface area contributed by atoms with Gasteiger partial charge in [0.25, 0.3) is 0 Å². The number of piperazine rings is 1. The number of aliphatic hydroxyl groups is 1. The maximum Gasteiger partial charge on any atom is 0.407 e. The summed E-state index contributed by atoms with van der Waals surface area (Å²) in [5, 5.41) is 20.0. The first kappa shape index (κ1) is 32.2. The molecule has 1 atom stereocenters. The molecule has 3 aromatic rings. The molecule has 10 nitrogen and oxygen atoms in total. The summed E-state index contributed by atoms with van der Waals surface area (Å²) in [6.45, 7) is 9.00. The quantitative estimate of drug-likeness (QED) is 0.294. The molecule has 5 rings (SSSR count). The van der Waals surface area contributed by atoms with Crippen molar-refractivity contribution in [3.63, 3.8) is 0 Å². The van der Waals surface area contributed by atoms with Gasteiger partial charge < -0.3 is 24.7 Å². The first-order chi connectivity index (χ1) is 21.1. The van der Waals surface area contributed by atoms with Gasteiger partial charge in [0.15, 0.2) is 0 Å². The number of halogens is 2. The van der Waals surface area contributed by atoms with E-state index in [-0.39, 0.29) is 6.10 Å². The van der Waals surface area contributed by atoms with Gasteiger partial charge in [-0.05, 0) is 80.7 Å². The first-order valence-corrected chi connectivity index (χ1v) is 15.8. The summed E-state index contributed by atoms with van der Waals surface area (Å²) in [4.78, 5) is 28.9. The van der Waals surface area contributed by atoms with Crippen LogP contribution in [0.1, 0.15) is 25.3 Å². The van der Waals surface area contributed by atoms with Gasteiger partial charge in [-0.3, -0.25) is 9.80 Å². The number of carboxylic acid groups (broad SMARTS) is 1. The molecule has 0 radical (unpaired) electrons. The number of anilines is 1. The van der Waals surface area contributed by atoms with Crippen molar-refractivity contribution in [1.29, 1.82) is 0 Å². The third kappa shape index (κ3) is 8.95. The van der Waals surface area contributed by atoms with E-state index in [9.17, 15) is 15.0 Å². The van der Waals surface area contributed by atoms with E-state index in [1.165, 1.54) is 4.90 Å². The number of hydrogen-bond acceptors (Lipinski definition) is 8.